The topological polar surface area (TPSA) is 130 Å². The number of carbonyl (C=O) groups is 2. The molecular formula is C13H24O9S2. The summed E-state index contributed by atoms with van der Waals surface area (Å²) < 4.78 is 58.4. The van der Waals surface area contributed by atoms with E-state index in [0.29, 0.717) is 19.3 Å². The molecule has 11 heteroatoms. The van der Waals surface area contributed by atoms with E-state index in [0.717, 1.165) is 13.4 Å². The normalized spacial score (nSPS) is 14.7. The highest BCUT2D eigenvalue weighted by Crippen LogP contribution is 2.10. The van der Waals surface area contributed by atoms with Crippen molar-refractivity contribution in [3.05, 3.63) is 0 Å². The Morgan fingerprint density at radius 3 is 1.62 bits per heavy atom. The molecule has 0 saturated carbocycles. The van der Waals surface area contributed by atoms with Crippen molar-refractivity contribution in [3.8, 4) is 0 Å². The van der Waals surface area contributed by atoms with Crippen LogP contribution in [0.2, 0.25) is 0 Å². The molecule has 0 fully saturated rings. The Bertz CT molecular complexity index is 622. The van der Waals surface area contributed by atoms with Gasteiger partial charge >= 0.3 is 22.1 Å². The average Bonchev–Trinajstić information content (AvgIpc) is 2.45. The summed E-state index contributed by atoms with van der Waals surface area (Å²) in [6, 6.07) is 0. The second kappa shape index (κ2) is 9.94. The van der Waals surface area contributed by atoms with Gasteiger partial charge in [0.25, 0.3) is 0 Å². The minimum absolute atomic E-state index is 0.00162. The third-order valence-corrected chi connectivity index (χ3v) is 5.77. The van der Waals surface area contributed by atoms with Crippen LogP contribution in [0.4, 0.5) is 0 Å². The number of hydrogen-bond donors (Lipinski definition) is 0. The fourth-order valence-corrected chi connectivity index (χ4v) is 2.26. The number of sulfone groups is 1. The molecule has 142 valence electrons. The van der Waals surface area contributed by atoms with Crippen molar-refractivity contribution in [2.24, 2.45) is 0 Å². The zero-order valence-corrected chi connectivity index (χ0v) is 15.8. The summed E-state index contributed by atoms with van der Waals surface area (Å²) in [7, 11) is -6.38. The van der Waals surface area contributed by atoms with Crippen molar-refractivity contribution in [2.75, 3.05) is 13.4 Å². The summed E-state index contributed by atoms with van der Waals surface area (Å²) in [4.78, 5) is 22.9. The van der Waals surface area contributed by atoms with Gasteiger partial charge < -0.3 is 9.47 Å². The number of esters is 2. The Kier molecular flexibility index (Phi) is 9.45. The lowest BCUT2D eigenvalue weighted by molar-refractivity contribution is -0.145. The van der Waals surface area contributed by atoms with E-state index in [4.69, 9.17) is 9.47 Å². The van der Waals surface area contributed by atoms with Crippen LogP contribution < -0.4 is 0 Å². The van der Waals surface area contributed by atoms with Crippen LogP contribution in [0.1, 0.15) is 46.0 Å². The van der Waals surface area contributed by atoms with Gasteiger partial charge in [0.1, 0.15) is 0 Å². The SMILES string of the molecule is COS(=O)(=O)C(C)OC(=O)CCCCCC(=O)OC(C)S(C)(=O)=O. The summed E-state index contributed by atoms with van der Waals surface area (Å²) in [6.07, 6.45) is 2.31. The van der Waals surface area contributed by atoms with Gasteiger partial charge in [0, 0.05) is 19.1 Å². The fourth-order valence-electron chi connectivity index (χ4n) is 1.49. The van der Waals surface area contributed by atoms with Crippen LogP contribution >= 0.6 is 0 Å². The molecule has 9 nitrogen and oxygen atoms in total. The van der Waals surface area contributed by atoms with E-state index < -0.39 is 42.8 Å². The minimum atomic E-state index is -3.92. The molecular weight excluding hydrogens is 364 g/mol. The lowest BCUT2D eigenvalue weighted by atomic mass is 10.1. The van der Waals surface area contributed by atoms with E-state index in [1.807, 2.05) is 0 Å². The maximum Gasteiger partial charge on any atom is 0.307 e. The van der Waals surface area contributed by atoms with Crippen molar-refractivity contribution in [1.29, 1.82) is 0 Å². The predicted octanol–water partition coefficient (Wildman–Crippen LogP) is 0.736. The molecule has 0 aromatic carbocycles. The van der Waals surface area contributed by atoms with Crippen molar-refractivity contribution in [1.82, 2.24) is 0 Å². The first kappa shape index (κ1) is 22.8. The molecule has 0 aliphatic carbocycles. The van der Waals surface area contributed by atoms with Crippen molar-refractivity contribution < 1.29 is 40.1 Å². The van der Waals surface area contributed by atoms with Gasteiger partial charge in [-0.05, 0) is 26.7 Å². The van der Waals surface area contributed by atoms with E-state index in [-0.39, 0.29) is 12.8 Å². The molecule has 0 heterocycles. The second-order valence-electron chi connectivity index (χ2n) is 5.16. The predicted molar refractivity (Wildman–Crippen MR) is 85.0 cm³/mol. The molecule has 0 N–H and O–H groups in total. The van der Waals surface area contributed by atoms with E-state index >= 15 is 0 Å². The van der Waals surface area contributed by atoms with Crippen molar-refractivity contribution >= 4 is 31.9 Å². The third kappa shape index (κ3) is 9.18. The fraction of sp³-hybridized carbons (Fsp3) is 0.846. The van der Waals surface area contributed by atoms with Gasteiger partial charge in [0.15, 0.2) is 15.3 Å². The molecule has 2 unspecified atom stereocenters. The van der Waals surface area contributed by atoms with Gasteiger partial charge in [-0.15, -0.1) is 0 Å². The maximum atomic E-state index is 11.5. The van der Waals surface area contributed by atoms with Crippen LogP contribution in [0.25, 0.3) is 0 Å². The summed E-state index contributed by atoms with van der Waals surface area (Å²) in [6.45, 7) is 2.47. The molecule has 0 bridgehead atoms. The molecule has 0 aromatic rings. The molecule has 0 saturated heterocycles. The summed E-state index contributed by atoms with van der Waals surface area (Å²) >= 11 is 0. The van der Waals surface area contributed by atoms with Gasteiger partial charge in [-0.2, -0.15) is 8.42 Å². The van der Waals surface area contributed by atoms with E-state index in [1.54, 1.807) is 0 Å². The molecule has 0 aliphatic heterocycles. The van der Waals surface area contributed by atoms with Crippen LogP contribution in [0.3, 0.4) is 0 Å². The first-order valence-electron chi connectivity index (χ1n) is 7.27. The van der Waals surface area contributed by atoms with Gasteiger partial charge in [0.05, 0.1) is 7.11 Å². The summed E-state index contributed by atoms with van der Waals surface area (Å²) in [5.41, 5.74) is -2.58. The zero-order chi connectivity index (χ0) is 19.0. The quantitative estimate of drug-likeness (QED) is 0.286. The molecule has 0 rings (SSSR count). The lowest BCUT2D eigenvalue weighted by Gasteiger charge is -2.12. The molecule has 0 aliphatic rings. The number of rotatable bonds is 11. The highest BCUT2D eigenvalue weighted by Gasteiger charge is 2.24. The first-order valence-corrected chi connectivity index (χ1v) is 10.7. The van der Waals surface area contributed by atoms with Gasteiger partial charge in [-0.3, -0.25) is 13.8 Å². The lowest BCUT2D eigenvalue weighted by Crippen LogP contribution is -2.25. The summed E-state index contributed by atoms with van der Waals surface area (Å²) in [5, 5.41) is 0. The standard InChI is InChI=1S/C13H24O9S2/c1-10(23(4,16)17)21-12(14)8-6-5-7-9-13(15)22-11(2)24(18,19)20-3/h10-11H,5-9H2,1-4H3. The van der Waals surface area contributed by atoms with Crippen molar-refractivity contribution in [3.63, 3.8) is 0 Å². The number of carbonyl (C=O) groups excluding carboxylic acids is 2. The zero-order valence-electron chi connectivity index (χ0n) is 14.2. The second-order valence-corrected chi connectivity index (χ2v) is 9.47. The molecule has 0 amide bonds. The molecule has 24 heavy (non-hydrogen) atoms. The Hall–Kier alpha value is -1.20. The molecule has 2 atom stereocenters. The van der Waals surface area contributed by atoms with Crippen LogP contribution in [0, 0.1) is 0 Å². The average molecular weight is 388 g/mol. The highest BCUT2D eigenvalue weighted by atomic mass is 32.2. The van der Waals surface area contributed by atoms with Crippen LogP contribution in [-0.4, -0.2) is 53.0 Å². The number of ether oxygens (including phenoxy) is 2. The Labute approximate surface area is 142 Å². The Morgan fingerprint density at radius 2 is 1.25 bits per heavy atom. The highest BCUT2D eigenvalue weighted by molar-refractivity contribution is 7.91. The van der Waals surface area contributed by atoms with Crippen LogP contribution in [0.5, 0.6) is 0 Å². The van der Waals surface area contributed by atoms with E-state index in [9.17, 15) is 26.4 Å². The minimum Gasteiger partial charge on any atom is -0.446 e. The van der Waals surface area contributed by atoms with Gasteiger partial charge in [-0.1, -0.05) is 6.42 Å². The Morgan fingerprint density at radius 1 is 0.833 bits per heavy atom. The maximum absolute atomic E-state index is 11.5. The van der Waals surface area contributed by atoms with Crippen LogP contribution in [-0.2, 0) is 43.2 Å². The van der Waals surface area contributed by atoms with Crippen LogP contribution in [0.15, 0.2) is 0 Å². The van der Waals surface area contributed by atoms with Crippen molar-refractivity contribution in [2.45, 2.75) is 56.8 Å². The number of unbranched alkanes of at least 4 members (excludes halogenated alkanes) is 2. The molecule has 0 aromatic heterocycles. The number of hydrogen-bond acceptors (Lipinski definition) is 9. The largest absolute Gasteiger partial charge is 0.446 e. The monoisotopic (exact) mass is 388 g/mol. The van der Waals surface area contributed by atoms with E-state index in [2.05, 4.69) is 4.18 Å². The molecule has 0 spiro atoms. The van der Waals surface area contributed by atoms with Gasteiger partial charge in [-0.25, -0.2) is 8.42 Å². The van der Waals surface area contributed by atoms with E-state index in [1.165, 1.54) is 13.8 Å². The first-order chi connectivity index (χ1) is 10.9. The third-order valence-electron chi connectivity index (χ3n) is 3.10. The Balaban J connectivity index is 3.95. The molecule has 0 radical (unpaired) electrons. The summed E-state index contributed by atoms with van der Waals surface area (Å²) in [5.74, 6) is -1.31. The van der Waals surface area contributed by atoms with Gasteiger partial charge in [0.2, 0.25) is 5.44 Å². The smallest absolute Gasteiger partial charge is 0.307 e.